The minimum absolute atomic E-state index is 0. The lowest BCUT2D eigenvalue weighted by atomic mass is 9.92. The predicted octanol–water partition coefficient (Wildman–Crippen LogP) is 1.84. The first kappa shape index (κ1) is 15.1. The molecule has 1 fully saturated rings. The predicted molar refractivity (Wildman–Crippen MR) is 80.6 cm³/mol. The van der Waals surface area contributed by atoms with Crippen LogP contribution in [0.2, 0.25) is 0 Å². The molecule has 0 spiro atoms. The van der Waals surface area contributed by atoms with Crippen molar-refractivity contribution >= 4 is 18.3 Å². The number of rotatable bonds is 3. The van der Waals surface area contributed by atoms with Gasteiger partial charge in [0.05, 0.1) is 12.5 Å². The van der Waals surface area contributed by atoms with Crippen molar-refractivity contribution in [3.63, 3.8) is 0 Å². The summed E-state index contributed by atoms with van der Waals surface area (Å²) in [5.74, 6) is 0.920. The number of nitrogens with one attached hydrogen (secondary N) is 2. The summed E-state index contributed by atoms with van der Waals surface area (Å²) in [5, 5.41) is 6.47. The van der Waals surface area contributed by atoms with E-state index < -0.39 is 0 Å². The van der Waals surface area contributed by atoms with E-state index in [2.05, 4.69) is 10.6 Å². The van der Waals surface area contributed by atoms with Crippen molar-refractivity contribution in [2.45, 2.75) is 31.2 Å². The van der Waals surface area contributed by atoms with Crippen LogP contribution in [-0.4, -0.2) is 31.6 Å². The zero-order valence-electron chi connectivity index (χ0n) is 11.4. The summed E-state index contributed by atoms with van der Waals surface area (Å²) in [6, 6.07) is 8.28. The lowest BCUT2D eigenvalue weighted by Gasteiger charge is -2.25. The van der Waals surface area contributed by atoms with Crippen LogP contribution >= 0.6 is 12.4 Å². The fourth-order valence-electron chi connectivity index (χ4n) is 2.89. The number of hydrogen-bond donors (Lipinski definition) is 2. The molecule has 0 saturated carbocycles. The second-order valence-electron chi connectivity index (χ2n) is 5.27. The molecule has 3 rings (SSSR count). The van der Waals surface area contributed by atoms with Crippen LogP contribution in [0, 0.1) is 0 Å². The quantitative estimate of drug-likeness (QED) is 0.895. The fourth-order valence-corrected chi connectivity index (χ4v) is 2.89. The van der Waals surface area contributed by atoms with Crippen molar-refractivity contribution in [3.05, 3.63) is 29.8 Å². The minimum Gasteiger partial charge on any atom is -0.493 e. The molecule has 20 heavy (non-hydrogen) atoms. The third-order valence-electron chi connectivity index (χ3n) is 3.96. The molecule has 110 valence electrons. The molecule has 0 radical (unpaired) electrons. The van der Waals surface area contributed by atoms with Gasteiger partial charge in [0, 0.05) is 18.2 Å². The molecule has 1 saturated heterocycles. The SMILES string of the molecule is Cl.O=C(NCC1CCCN1)C1CCOc2ccccc21. The summed E-state index contributed by atoms with van der Waals surface area (Å²) in [5.41, 5.74) is 1.02. The van der Waals surface area contributed by atoms with E-state index >= 15 is 0 Å². The topological polar surface area (TPSA) is 50.4 Å². The third-order valence-corrected chi connectivity index (χ3v) is 3.96. The maximum Gasteiger partial charge on any atom is 0.227 e. The van der Waals surface area contributed by atoms with Gasteiger partial charge in [0.2, 0.25) is 5.91 Å². The maximum atomic E-state index is 12.3. The van der Waals surface area contributed by atoms with Crippen LogP contribution in [0.4, 0.5) is 0 Å². The van der Waals surface area contributed by atoms with Crippen LogP contribution in [0.1, 0.15) is 30.7 Å². The van der Waals surface area contributed by atoms with Gasteiger partial charge in [0.1, 0.15) is 5.75 Å². The van der Waals surface area contributed by atoms with Gasteiger partial charge in [-0.25, -0.2) is 0 Å². The molecule has 0 aromatic heterocycles. The molecule has 5 heteroatoms. The molecule has 2 atom stereocenters. The summed E-state index contributed by atoms with van der Waals surface area (Å²) in [7, 11) is 0. The molecule has 2 heterocycles. The molecular weight excluding hydrogens is 276 g/mol. The van der Waals surface area contributed by atoms with Gasteiger partial charge >= 0.3 is 0 Å². The molecule has 2 N–H and O–H groups in total. The summed E-state index contributed by atoms with van der Waals surface area (Å²) in [4.78, 5) is 12.3. The number of amides is 1. The summed E-state index contributed by atoms with van der Waals surface area (Å²) in [6.07, 6.45) is 3.13. The summed E-state index contributed by atoms with van der Waals surface area (Å²) in [6.45, 7) is 2.43. The van der Waals surface area contributed by atoms with E-state index in [-0.39, 0.29) is 24.2 Å². The molecular formula is C15H21ClN2O2. The Kier molecular flexibility index (Phi) is 5.26. The van der Waals surface area contributed by atoms with Gasteiger partial charge in [0.25, 0.3) is 0 Å². The smallest absolute Gasteiger partial charge is 0.227 e. The molecule has 2 aliphatic rings. The van der Waals surface area contributed by atoms with Crippen molar-refractivity contribution in [2.75, 3.05) is 19.7 Å². The first-order valence-electron chi connectivity index (χ1n) is 7.07. The van der Waals surface area contributed by atoms with Gasteiger partial charge in [-0.3, -0.25) is 4.79 Å². The van der Waals surface area contributed by atoms with E-state index in [9.17, 15) is 4.79 Å². The molecule has 0 bridgehead atoms. The average Bonchev–Trinajstić information content (AvgIpc) is 2.97. The summed E-state index contributed by atoms with van der Waals surface area (Å²) >= 11 is 0. The van der Waals surface area contributed by atoms with Crippen LogP contribution < -0.4 is 15.4 Å². The Bertz CT molecular complexity index is 461. The highest BCUT2D eigenvalue weighted by atomic mass is 35.5. The number of para-hydroxylation sites is 1. The van der Waals surface area contributed by atoms with Gasteiger partial charge in [-0.05, 0) is 31.9 Å². The van der Waals surface area contributed by atoms with Gasteiger partial charge in [-0.15, -0.1) is 12.4 Å². The molecule has 0 aliphatic carbocycles. The molecule has 1 amide bonds. The van der Waals surface area contributed by atoms with Gasteiger partial charge in [0.15, 0.2) is 0 Å². The molecule has 1 aromatic rings. The maximum absolute atomic E-state index is 12.3. The number of ether oxygens (including phenoxy) is 1. The molecule has 4 nitrogen and oxygen atoms in total. The highest BCUT2D eigenvalue weighted by Crippen LogP contribution is 2.33. The number of carbonyl (C=O) groups excluding carboxylic acids is 1. The van der Waals surface area contributed by atoms with Gasteiger partial charge < -0.3 is 15.4 Å². The van der Waals surface area contributed by atoms with E-state index in [0.29, 0.717) is 12.6 Å². The third kappa shape index (κ3) is 3.25. The number of hydrogen-bond acceptors (Lipinski definition) is 3. The first-order chi connectivity index (χ1) is 9.34. The number of benzene rings is 1. The van der Waals surface area contributed by atoms with Crippen LogP contribution in [0.5, 0.6) is 5.75 Å². The van der Waals surface area contributed by atoms with Crippen LogP contribution in [0.15, 0.2) is 24.3 Å². The molecule has 2 unspecified atom stereocenters. The largest absolute Gasteiger partial charge is 0.493 e. The highest BCUT2D eigenvalue weighted by Gasteiger charge is 2.27. The number of fused-ring (bicyclic) bond motifs is 1. The standard InChI is InChI=1S/C15H20N2O2.ClH/c18-15(17-10-11-4-3-8-16-11)13-7-9-19-14-6-2-1-5-12(13)14;/h1-2,5-6,11,13,16H,3-4,7-10H2,(H,17,18);1H. The monoisotopic (exact) mass is 296 g/mol. The molecule has 1 aromatic carbocycles. The normalized spacial score (nSPS) is 24.2. The second-order valence-corrected chi connectivity index (χ2v) is 5.27. The second kappa shape index (κ2) is 6.95. The zero-order chi connectivity index (χ0) is 13.1. The summed E-state index contributed by atoms with van der Waals surface area (Å²) < 4.78 is 5.59. The van der Waals surface area contributed by atoms with Gasteiger partial charge in [-0.1, -0.05) is 18.2 Å². The Morgan fingerprint density at radius 2 is 2.20 bits per heavy atom. The van der Waals surface area contributed by atoms with Crippen molar-refractivity contribution in [1.29, 1.82) is 0 Å². The Balaban J connectivity index is 0.00000147. The number of halogens is 1. The van der Waals surface area contributed by atoms with E-state index in [4.69, 9.17) is 4.74 Å². The first-order valence-corrected chi connectivity index (χ1v) is 7.07. The van der Waals surface area contributed by atoms with Crippen molar-refractivity contribution < 1.29 is 9.53 Å². The average molecular weight is 297 g/mol. The lowest BCUT2D eigenvalue weighted by Crippen LogP contribution is -2.40. The van der Waals surface area contributed by atoms with Crippen LogP contribution in [0.3, 0.4) is 0 Å². The Hall–Kier alpha value is -1.26. The Morgan fingerprint density at radius 1 is 1.35 bits per heavy atom. The lowest BCUT2D eigenvalue weighted by molar-refractivity contribution is -0.123. The van der Waals surface area contributed by atoms with Crippen molar-refractivity contribution in [2.24, 2.45) is 0 Å². The van der Waals surface area contributed by atoms with Crippen molar-refractivity contribution in [3.8, 4) is 5.75 Å². The zero-order valence-corrected chi connectivity index (χ0v) is 12.2. The number of carbonyl (C=O) groups is 1. The van der Waals surface area contributed by atoms with Crippen LogP contribution in [-0.2, 0) is 4.79 Å². The van der Waals surface area contributed by atoms with E-state index in [1.54, 1.807) is 0 Å². The fraction of sp³-hybridized carbons (Fsp3) is 0.533. The van der Waals surface area contributed by atoms with Crippen molar-refractivity contribution in [1.82, 2.24) is 10.6 Å². The molecule has 2 aliphatic heterocycles. The van der Waals surface area contributed by atoms with Gasteiger partial charge in [-0.2, -0.15) is 0 Å². The van der Waals surface area contributed by atoms with E-state index in [0.717, 1.165) is 37.2 Å². The highest BCUT2D eigenvalue weighted by molar-refractivity contribution is 5.85. The van der Waals surface area contributed by atoms with Crippen LogP contribution in [0.25, 0.3) is 0 Å². The van der Waals surface area contributed by atoms with E-state index in [1.165, 1.54) is 6.42 Å². The van der Waals surface area contributed by atoms with E-state index in [1.807, 2.05) is 24.3 Å². The Labute approximate surface area is 125 Å². The Morgan fingerprint density at radius 3 is 3.00 bits per heavy atom. The minimum atomic E-state index is -0.0636.